The number of carbonyl (C=O) groups is 1. The largest absolute Gasteiger partial charge is 0.356 e. The van der Waals surface area contributed by atoms with E-state index in [-0.39, 0.29) is 5.91 Å². The lowest BCUT2D eigenvalue weighted by molar-refractivity contribution is 0.0946. The SMILES string of the molecule is Cc1cc(-c2cncnc2-c2ccc(CNC(=O)c3cscn3)cc2)on1. The topological polar surface area (TPSA) is 93.8 Å². The predicted octanol–water partition coefficient (Wildman–Crippen LogP) is 3.49. The van der Waals surface area contributed by atoms with Crippen LogP contribution in [0.1, 0.15) is 21.7 Å². The molecule has 0 spiro atoms. The van der Waals surface area contributed by atoms with Crippen molar-refractivity contribution in [1.29, 1.82) is 0 Å². The summed E-state index contributed by atoms with van der Waals surface area (Å²) in [6.07, 6.45) is 3.22. The molecule has 1 N–H and O–H groups in total. The molecule has 3 aromatic heterocycles. The first-order valence-corrected chi connectivity index (χ1v) is 9.14. The number of thiazole rings is 1. The van der Waals surface area contributed by atoms with E-state index in [0.29, 0.717) is 18.0 Å². The van der Waals surface area contributed by atoms with Crippen molar-refractivity contribution in [2.45, 2.75) is 13.5 Å². The molecule has 0 bridgehead atoms. The van der Waals surface area contributed by atoms with Gasteiger partial charge < -0.3 is 9.84 Å². The summed E-state index contributed by atoms with van der Waals surface area (Å²) in [5.74, 6) is 0.446. The standard InChI is InChI=1S/C19H15N5O2S/c1-12-6-17(26-24-12)15-8-20-10-22-18(15)14-4-2-13(3-5-14)7-21-19(25)16-9-27-11-23-16/h2-6,8-11H,7H2,1H3,(H,21,25). The summed E-state index contributed by atoms with van der Waals surface area (Å²) in [5, 5.41) is 8.51. The van der Waals surface area contributed by atoms with E-state index in [4.69, 9.17) is 4.52 Å². The Morgan fingerprint density at radius 3 is 2.78 bits per heavy atom. The molecule has 0 saturated heterocycles. The maximum atomic E-state index is 12.0. The minimum Gasteiger partial charge on any atom is -0.356 e. The maximum absolute atomic E-state index is 12.0. The molecule has 0 unspecified atom stereocenters. The second kappa shape index (κ2) is 7.46. The van der Waals surface area contributed by atoms with Gasteiger partial charge in [-0.3, -0.25) is 4.79 Å². The Morgan fingerprint density at radius 1 is 1.22 bits per heavy atom. The smallest absolute Gasteiger partial charge is 0.271 e. The van der Waals surface area contributed by atoms with Gasteiger partial charge in [-0.15, -0.1) is 11.3 Å². The van der Waals surface area contributed by atoms with Gasteiger partial charge in [0, 0.05) is 29.8 Å². The van der Waals surface area contributed by atoms with Gasteiger partial charge in [0.2, 0.25) is 0 Å². The molecule has 134 valence electrons. The number of nitrogens with zero attached hydrogens (tertiary/aromatic N) is 4. The lowest BCUT2D eigenvalue weighted by Crippen LogP contribution is -2.22. The highest BCUT2D eigenvalue weighted by Gasteiger charge is 2.13. The molecule has 8 heteroatoms. The monoisotopic (exact) mass is 377 g/mol. The van der Waals surface area contributed by atoms with Crippen LogP contribution in [0, 0.1) is 6.92 Å². The average Bonchev–Trinajstić information content (AvgIpc) is 3.38. The van der Waals surface area contributed by atoms with Crippen LogP contribution >= 0.6 is 11.3 Å². The van der Waals surface area contributed by atoms with E-state index in [1.807, 2.05) is 37.3 Å². The number of amides is 1. The fourth-order valence-corrected chi connectivity index (χ4v) is 3.14. The van der Waals surface area contributed by atoms with Gasteiger partial charge in [0.1, 0.15) is 12.0 Å². The molecule has 0 fully saturated rings. The van der Waals surface area contributed by atoms with Crippen molar-refractivity contribution in [3.8, 4) is 22.6 Å². The zero-order chi connectivity index (χ0) is 18.6. The van der Waals surface area contributed by atoms with Crippen molar-refractivity contribution < 1.29 is 9.32 Å². The van der Waals surface area contributed by atoms with Crippen molar-refractivity contribution in [3.05, 3.63) is 70.7 Å². The first kappa shape index (κ1) is 17.0. The number of carbonyl (C=O) groups excluding carboxylic acids is 1. The van der Waals surface area contributed by atoms with Crippen molar-refractivity contribution in [2.75, 3.05) is 0 Å². The van der Waals surface area contributed by atoms with Gasteiger partial charge in [-0.25, -0.2) is 15.0 Å². The van der Waals surface area contributed by atoms with E-state index in [2.05, 4.69) is 25.4 Å². The molecule has 3 heterocycles. The van der Waals surface area contributed by atoms with E-state index < -0.39 is 0 Å². The molecule has 0 aliphatic heterocycles. The van der Waals surface area contributed by atoms with Crippen LogP contribution in [-0.2, 0) is 6.54 Å². The Labute approximate surface area is 159 Å². The minimum absolute atomic E-state index is 0.181. The van der Waals surface area contributed by atoms with Crippen LogP contribution in [0.2, 0.25) is 0 Å². The Balaban J connectivity index is 1.52. The number of benzene rings is 1. The van der Waals surface area contributed by atoms with Crippen molar-refractivity contribution >= 4 is 17.2 Å². The number of aromatic nitrogens is 4. The third-order valence-electron chi connectivity index (χ3n) is 3.95. The molecular weight excluding hydrogens is 362 g/mol. The van der Waals surface area contributed by atoms with Crippen molar-refractivity contribution in [2.24, 2.45) is 0 Å². The summed E-state index contributed by atoms with van der Waals surface area (Å²) in [6.45, 7) is 2.29. The van der Waals surface area contributed by atoms with Crippen LogP contribution in [0.5, 0.6) is 0 Å². The molecule has 0 saturated carbocycles. The summed E-state index contributed by atoms with van der Waals surface area (Å²) in [6, 6.07) is 9.67. The molecule has 1 amide bonds. The number of hydrogen-bond acceptors (Lipinski definition) is 7. The number of hydrogen-bond donors (Lipinski definition) is 1. The van der Waals surface area contributed by atoms with Crippen LogP contribution in [0.25, 0.3) is 22.6 Å². The molecule has 27 heavy (non-hydrogen) atoms. The molecule has 0 aliphatic rings. The quantitative estimate of drug-likeness (QED) is 0.572. The van der Waals surface area contributed by atoms with Gasteiger partial charge in [-0.1, -0.05) is 29.4 Å². The molecule has 1 aromatic carbocycles. The highest BCUT2D eigenvalue weighted by Crippen LogP contribution is 2.30. The second-order valence-corrected chi connectivity index (χ2v) is 6.59. The molecule has 4 rings (SSSR count). The van der Waals surface area contributed by atoms with Crippen LogP contribution < -0.4 is 5.32 Å². The first-order valence-electron chi connectivity index (χ1n) is 8.20. The van der Waals surface area contributed by atoms with Gasteiger partial charge in [0.25, 0.3) is 5.91 Å². The zero-order valence-electron chi connectivity index (χ0n) is 14.4. The normalized spacial score (nSPS) is 10.7. The zero-order valence-corrected chi connectivity index (χ0v) is 15.2. The van der Waals surface area contributed by atoms with E-state index in [1.54, 1.807) is 17.1 Å². The van der Waals surface area contributed by atoms with Crippen molar-refractivity contribution in [3.63, 3.8) is 0 Å². The first-order chi connectivity index (χ1) is 13.2. The lowest BCUT2D eigenvalue weighted by Gasteiger charge is -2.07. The molecule has 0 atom stereocenters. The minimum atomic E-state index is -0.181. The van der Waals surface area contributed by atoms with Gasteiger partial charge in [0.15, 0.2) is 5.76 Å². The molecular formula is C19H15N5O2S. The summed E-state index contributed by atoms with van der Waals surface area (Å²) in [5.41, 5.74) is 6.32. The van der Waals surface area contributed by atoms with Crippen LogP contribution in [-0.4, -0.2) is 26.0 Å². The number of rotatable bonds is 5. The third-order valence-corrected chi connectivity index (χ3v) is 4.54. The Hall–Kier alpha value is -3.39. The average molecular weight is 377 g/mol. The Morgan fingerprint density at radius 2 is 2.07 bits per heavy atom. The summed E-state index contributed by atoms with van der Waals surface area (Å²) < 4.78 is 5.35. The predicted molar refractivity (Wildman–Crippen MR) is 101 cm³/mol. The molecule has 7 nitrogen and oxygen atoms in total. The fourth-order valence-electron chi connectivity index (χ4n) is 2.61. The van der Waals surface area contributed by atoms with Crippen LogP contribution in [0.15, 0.2) is 58.3 Å². The highest BCUT2D eigenvalue weighted by molar-refractivity contribution is 7.07. The van der Waals surface area contributed by atoms with E-state index in [1.165, 1.54) is 17.7 Å². The van der Waals surface area contributed by atoms with Crippen molar-refractivity contribution in [1.82, 2.24) is 25.4 Å². The number of nitrogens with one attached hydrogen (secondary N) is 1. The van der Waals surface area contributed by atoms with E-state index in [9.17, 15) is 4.79 Å². The van der Waals surface area contributed by atoms with Gasteiger partial charge >= 0.3 is 0 Å². The Kier molecular flexibility index (Phi) is 4.71. The summed E-state index contributed by atoms with van der Waals surface area (Å²) in [4.78, 5) is 24.5. The highest BCUT2D eigenvalue weighted by atomic mass is 32.1. The molecule has 4 aromatic rings. The summed E-state index contributed by atoms with van der Waals surface area (Å²) >= 11 is 1.39. The van der Waals surface area contributed by atoms with E-state index in [0.717, 1.165) is 28.1 Å². The maximum Gasteiger partial charge on any atom is 0.271 e. The van der Waals surface area contributed by atoms with Gasteiger partial charge in [0.05, 0.1) is 22.5 Å². The van der Waals surface area contributed by atoms with Gasteiger partial charge in [-0.05, 0) is 12.5 Å². The fraction of sp³-hybridized carbons (Fsp3) is 0.105. The van der Waals surface area contributed by atoms with Crippen LogP contribution in [0.4, 0.5) is 0 Å². The Bertz CT molecular complexity index is 1060. The van der Waals surface area contributed by atoms with Gasteiger partial charge in [-0.2, -0.15) is 0 Å². The molecule has 0 radical (unpaired) electrons. The van der Waals surface area contributed by atoms with E-state index >= 15 is 0 Å². The lowest BCUT2D eigenvalue weighted by atomic mass is 10.0. The summed E-state index contributed by atoms with van der Waals surface area (Å²) in [7, 11) is 0. The second-order valence-electron chi connectivity index (χ2n) is 5.87. The van der Waals surface area contributed by atoms with Crippen LogP contribution in [0.3, 0.4) is 0 Å². The molecule has 0 aliphatic carbocycles. The third kappa shape index (κ3) is 3.75. The number of aryl methyl sites for hydroxylation is 1.